The van der Waals surface area contributed by atoms with Gasteiger partial charge in [0.1, 0.15) is 5.01 Å². The minimum absolute atomic E-state index is 0.965. The Bertz CT molecular complexity index is 270. The molecule has 0 saturated heterocycles. The summed E-state index contributed by atoms with van der Waals surface area (Å²) in [6.45, 7) is 5.25. The van der Waals surface area contributed by atoms with Crippen molar-refractivity contribution in [1.82, 2.24) is 14.8 Å². The molecule has 3 nitrogen and oxygen atoms in total. The van der Waals surface area contributed by atoms with E-state index >= 15 is 0 Å². The van der Waals surface area contributed by atoms with Crippen LogP contribution >= 0.6 is 11.3 Å². The number of rotatable bonds is 5. The minimum Gasteiger partial charge on any atom is -0.308 e. The van der Waals surface area contributed by atoms with Crippen LogP contribution in [0.4, 0.5) is 0 Å². The van der Waals surface area contributed by atoms with Crippen molar-refractivity contribution in [2.45, 2.75) is 13.5 Å². The van der Waals surface area contributed by atoms with Crippen LogP contribution in [0.1, 0.15) is 9.88 Å². The maximum absolute atomic E-state index is 4.35. The molecule has 0 spiro atoms. The van der Waals surface area contributed by atoms with Gasteiger partial charge in [0.15, 0.2) is 0 Å². The molecule has 0 bridgehead atoms. The van der Waals surface area contributed by atoms with Crippen molar-refractivity contribution in [3.8, 4) is 0 Å². The van der Waals surface area contributed by atoms with E-state index in [2.05, 4.69) is 42.9 Å². The second-order valence-electron chi connectivity index (χ2n) is 3.91. The van der Waals surface area contributed by atoms with Gasteiger partial charge >= 0.3 is 0 Å². The smallest absolute Gasteiger partial charge is 0.107 e. The Balaban J connectivity index is 2.30. The first-order valence-electron chi connectivity index (χ1n) is 4.82. The van der Waals surface area contributed by atoms with Crippen LogP contribution in [0.25, 0.3) is 0 Å². The minimum atomic E-state index is 0.965. The number of hydrogen-bond acceptors (Lipinski definition) is 4. The Morgan fingerprint density at radius 3 is 2.50 bits per heavy atom. The highest BCUT2D eigenvalue weighted by atomic mass is 32.1. The predicted molar refractivity (Wildman–Crippen MR) is 61.7 cm³/mol. The Hall–Kier alpha value is -0.450. The lowest BCUT2D eigenvalue weighted by molar-refractivity contribution is 0.276. The number of aryl methyl sites for hydroxylation is 1. The zero-order valence-corrected chi connectivity index (χ0v) is 10.3. The summed E-state index contributed by atoms with van der Waals surface area (Å²) in [7, 11) is 6.34. The topological polar surface area (TPSA) is 19.4 Å². The van der Waals surface area contributed by atoms with Crippen LogP contribution in [-0.2, 0) is 6.54 Å². The lowest BCUT2D eigenvalue weighted by Crippen LogP contribution is -2.28. The van der Waals surface area contributed by atoms with Gasteiger partial charge in [0.2, 0.25) is 0 Å². The maximum Gasteiger partial charge on any atom is 0.107 e. The van der Waals surface area contributed by atoms with Gasteiger partial charge in [0, 0.05) is 24.2 Å². The number of hydrogen-bond donors (Lipinski definition) is 0. The summed E-state index contributed by atoms with van der Waals surface area (Å²) in [6, 6.07) is 0. The van der Waals surface area contributed by atoms with Crippen molar-refractivity contribution in [1.29, 1.82) is 0 Å². The van der Waals surface area contributed by atoms with Gasteiger partial charge in [-0.3, -0.25) is 4.90 Å². The molecule has 0 fully saturated rings. The molecule has 0 radical (unpaired) electrons. The van der Waals surface area contributed by atoms with E-state index in [-0.39, 0.29) is 0 Å². The van der Waals surface area contributed by atoms with Crippen LogP contribution < -0.4 is 0 Å². The largest absolute Gasteiger partial charge is 0.308 e. The molecule has 1 heterocycles. The van der Waals surface area contributed by atoms with Gasteiger partial charge in [0.25, 0.3) is 0 Å². The molecule has 14 heavy (non-hydrogen) atoms. The first-order chi connectivity index (χ1) is 6.58. The second-order valence-corrected chi connectivity index (χ2v) is 5.23. The van der Waals surface area contributed by atoms with Crippen molar-refractivity contribution in [2.75, 3.05) is 34.2 Å². The summed E-state index contributed by atoms with van der Waals surface area (Å²) >= 11 is 1.78. The molecule has 0 unspecified atom stereocenters. The Morgan fingerprint density at radius 2 is 2.00 bits per heavy atom. The highest BCUT2D eigenvalue weighted by Gasteiger charge is 2.03. The molecule has 1 aromatic rings. The Kier molecular flexibility index (Phi) is 4.51. The molecule has 0 aliphatic carbocycles. The van der Waals surface area contributed by atoms with Crippen molar-refractivity contribution >= 4 is 11.3 Å². The number of likely N-dealkylation sites (N-methyl/N-ethyl adjacent to an activating group) is 2. The van der Waals surface area contributed by atoms with E-state index in [1.54, 1.807) is 11.3 Å². The van der Waals surface area contributed by atoms with E-state index in [9.17, 15) is 0 Å². The van der Waals surface area contributed by atoms with Crippen molar-refractivity contribution in [2.24, 2.45) is 0 Å². The number of aromatic nitrogens is 1. The predicted octanol–water partition coefficient (Wildman–Crippen LogP) is 1.44. The SMILES string of the molecule is Cc1cnc(CN(C)CCN(C)C)s1. The van der Waals surface area contributed by atoms with E-state index in [1.807, 2.05) is 6.20 Å². The van der Waals surface area contributed by atoms with Gasteiger partial charge in [0.05, 0.1) is 6.54 Å². The van der Waals surface area contributed by atoms with Crippen LogP contribution in [0.3, 0.4) is 0 Å². The third-order valence-electron chi connectivity index (χ3n) is 2.00. The molecule has 0 atom stereocenters. The molecule has 1 rings (SSSR count). The molecule has 0 saturated carbocycles. The Morgan fingerprint density at radius 1 is 1.29 bits per heavy atom. The van der Waals surface area contributed by atoms with E-state index in [0.717, 1.165) is 19.6 Å². The van der Waals surface area contributed by atoms with Gasteiger partial charge in [-0.1, -0.05) is 0 Å². The molecule has 80 valence electrons. The van der Waals surface area contributed by atoms with Gasteiger partial charge in [-0.15, -0.1) is 11.3 Å². The lowest BCUT2D eigenvalue weighted by Gasteiger charge is -2.17. The molecule has 0 amide bonds. The third-order valence-corrected chi connectivity index (χ3v) is 2.90. The summed E-state index contributed by atoms with van der Waals surface area (Å²) < 4.78 is 0. The molecule has 0 aromatic carbocycles. The van der Waals surface area contributed by atoms with E-state index < -0.39 is 0 Å². The molecule has 0 aliphatic rings. The maximum atomic E-state index is 4.35. The van der Waals surface area contributed by atoms with E-state index in [4.69, 9.17) is 0 Å². The van der Waals surface area contributed by atoms with Crippen LogP contribution in [0.5, 0.6) is 0 Å². The fourth-order valence-electron chi connectivity index (χ4n) is 1.16. The van der Waals surface area contributed by atoms with Gasteiger partial charge in [-0.25, -0.2) is 4.98 Å². The van der Waals surface area contributed by atoms with Crippen LogP contribution in [0.2, 0.25) is 0 Å². The lowest BCUT2D eigenvalue weighted by atomic mass is 10.5. The van der Waals surface area contributed by atoms with Crippen LogP contribution in [-0.4, -0.2) is 49.0 Å². The van der Waals surface area contributed by atoms with Crippen molar-refractivity contribution in [3.05, 3.63) is 16.1 Å². The zero-order valence-electron chi connectivity index (χ0n) is 9.45. The Labute approximate surface area is 90.4 Å². The third kappa shape index (κ3) is 4.17. The van der Waals surface area contributed by atoms with E-state index in [1.165, 1.54) is 9.88 Å². The molecule has 1 aromatic heterocycles. The highest BCUT2D eigenvalue weighted by molar-refractivity contribution is 7.11. The monoisotopic (exact) mass is 213 g/mol. The summed E-state index contributed by atoms with van der Waals surface area (Å²) in [5, 5.41) is 1.21. The van der Waals surface area contributed by atoms with Crippen LogP contribution in [0, 0.1) is 6.92 Å². The standard InChI is InChI=1S/C10H19N3S/c1-9-7-11-10(14-9)8-13(4)6-5-12(2)3/h7H,5-6,8H2,1-4H3. The molecule has 0 aliphatic heterocycles. The average Bonchev–Trinajstić information content (AvgIpc) is 2.48. The summed E-state index contributed by atoms with van der Waals surface area (Å²) in [5.41, 5.74) is 0. The first kappa shape index (κ1) is 11.6. The summed E-state index contributed by atoms with van der Waals surface area (Å²) in [4.78, 5) is 10.1. The molecular weight excluding hydrogens is 194 g/mol. The summed E-state index contributed by atoms with van der Waals surface area (Å²) in [6.07, 6.45) is 1.94. The number of thiazole rings is 1. The number of nitrogens with zero attached hydrogens (tertiary/aromatic N) is 3. The molecule has 4 heteroatoms. The summed E-state index contributed by atoms with van der Waals surface area (Å²) in [5.74, 6) is 0. The molecular formula is C10H19N3S. The van der Waals surface area contributed by atoms with Gasteiger partial charge in [-0.2, -0.15) is 0 Å². The quantitative estimate of drug-likeness (QED) is 0.738. The van der Waals surface area contributed by atoms with Crippen molar-refractivity contribution in [3.63, 3.8) is 0 Å². The fourth-order valence-corrected chi connectivity index (χ4v) is 2.02. The molecule has 0 N–H and O–H groups in total. The highest BCUT2D eigenvalue weighted by Crippen LogP contribution is 2.12. The zero-order chi connectivity index (χ0) is 10.6. The first-order valence-corrected chi connectivity index (χ1v) is 5.64. The van der Waals surface area contributed by atoms with Crippen LogP contribution in [0.15, 0.2) is 6.20 Å². The van der Waals surface area contributed by atoms with Gasteiger partial charge in [-0.05, 0) is 28.1 Å². The normalized spacial score (nSPS) is 11.6. The fraction of sp³-hybridized carbons (Fsp3) is 0.700. The van der Waals surface area contributed by atoms with Gasteiger partial charge < -0.3 is 4.90 Å². The van der Waals surface area contributed by atoms with E-state index in [0.29, 0.717) is 0 Å². The average molecular weight is 213 g/mol. The second kappa shape index (κ2) is 5.44. The van der Waals surface area contributed by atoms with Crippen molar-refractivity contribution < 1.29 is 0 Å².